The second kappa shape index (κ2) is 8.13. The number of hydrogen-bond acceptors (Lipinski definition) is 3. The number of carbonyl (C=O) groups excluding carboxylic acids is 1. The molecule has 0 saturated heterocycles. The lowest BCUT2D eigenvalue weighted by molar-refractivity contribution is -0.115. The molecule has 4 rings (SSSR count). The summed E-state index contributed by atoms with van der Waals surface area (Å²) in [6, 6.07) is 28.4. The Hall–Kier alpha value is -3.33. The first kappa shape index (κ1) is 18.1. The minimum Gasteiger partial charge on any atom is -0.497 e. The Labute approximate surface area is 165 Å². The molecule has 0 amide bonds. The molecule has 1 aliphatic carbocycles. The molecule has 28 heavy (non-hydrogen) atoms. The van der Waals surface area contributed by atoms with Crippen LogP contribution in [0.25, 0.3) is 0 Å². The van der Waals surface area contributed by atoms with Gasteiger partial charge in [-0.2, -0.15) is 0 Å². The van der Waals surface area contributed by atoms with Crippen molar-refractivity contribution in [2.75, 3.05) is 12.0 Å². The summed E-state index contributed by atoms with van der Waals surface area (Å²) in [5.41, 5.74) is 3.32. The molecule has 3 nitrogen and oxygen atoms in total. The van der Waals surface area contributed by atoms with Crippen LogP contribution in [0.3, 0.4) is 0 Å². The van der Waals surface area contributed by atoms with Gasteiger partial charge in [0.15, 0.2) is 5.78 Å². The first-order valence-corrected chi connectivity index (χ1v) is 9.48. The van der Waals surface area contributed by atoms with Crippen LogP contribution in [0.1, 0.15) is 17.0 Å². The van der Waals surface area contributed by atoms with E-state index in [0.717, 1.165) is 23.5 Å². The van der Waals surface area contributed by atoms with E-state index in [4.69, 9.17) is 4.74 Å². The average molecular weight is 369 g/mol. The Morgan fingerprint density at radius 2 is 1.50 bits per heavy atom. The summed E-state index contributed by atoms with van der Waals surface area (Å²) in [4.78, 5) is 15.0. The molecule has 0 aromatic heterocycles. The fourth-order valence-corrected chi connectivity index (χ4v) is 3.80. The standard InChI is InChI=1S/C25H23NO2/c1-28-22-14-12-21(13-15-22)26(18-19-8-4-2-5-9-19)23-16-17-24(27)25(23)20-10-6-3-7-11-20/h2-17,23,25H,18H2,1H3/t23-,25+/m0/s1. The zero-order valence-corrected chi connectivity index (χ0v) is 15.9. The first-order chi connectivity index (χ1) is 13.8. The molecule has 1 aliphatic rings. The Bertz CT molecular complexity index is 949. The lowest BCUT2D eigenvalue weighted by atomic mass is 9.91. The Morgan fingerprint density at radius 3 is 2.14 bits per heavy atom. The number of carbonyl (C=O) groups is 1. The predicted octanol–water partition coefficient (Wildman–Crippen LogP) is 4.99. The van der Waals surface area contributed by atoms with Gasteiger partial charge in [-0.3, -0.25) is 4.79 Å². The van der Waals surface area contributed by atoms with Crippen LogP contribution < -0.4 is 9.64 Å². The van der Waals surface area contributed by atoms with Crippen molar-refractivity contribution < 1.29 is 9.53 Å². The third-order valence-corrected chi connectivity index (χ3v) is 5.22. The third-order valence-electron chi connectivity index (χ3n) is 5.22. The topological polar surface area (TPSA) is 29.5 Å². The maximum absolute atomic E-state index is 12.7. The van der Waals surface area contributed by atoms with Crippen molar-refractivity contribution in [1.82, 2.24) is 0 Å². The monoisotopic (exact) mass is 369 g/mol. The molecule has 0 aliphatic heterocycles. The van der Waals surface area contributed by atoms with Crippen molar-refractivity contribution in [1.29, 1.82) is 0 Å². The van der Waals surface area contributed by atoms with E-state index >= 15 is 0 Å². The maximum Gasteiger partial charge on any atom is 0.165 e. The molecule has 0 N–H and O–H groups in total. The van der Waals surface area contributed by atoms with Crippen molar-refractivity contribution in [3.63, 3.8) is 0 Å². The van der Waals surface area contributed by atoms with Crippen LogP contribution in [0.2, 0.25) is 0 Å². The second-order valence-corrected chi connectivity index (χ2v) is 6.95. The summed E-state index contributed by atoms with van der Waals surface area (Å²) in [5, 5.41) is 0. The summed E-state index contributed by atoms with van der Waals surface area (Å²) in [7, 11) is 1.67. The highest BCUT2D eigenvalue weighted by Crippen LogP contribution is 2.35. The molecule has 0 saturated carbocycles. The largest absolute Gasteiger partial charge is 0.497 e. The Balaban J connectivity index is 1.73. The highest BCUT2D eigenvalue weighted by Gasteiger charge is 2.35. The van der Waals surface area contributed by atoms with Crippen LogP contribution >= 0.6 is 0 Å². The summed E-state index contributed by atoms with van der Waals surface area (Å²) >= 11 is 0. The fourth-order valence-electron chi connectivity index (χ4n) is 3.80. The minimum atomic E-state index is -0.202. The summed E-state index contributed by atoms with van der Waals surface area (Å²) in [6.45, 7) is 0.721. The van der Waals surface area contributed by atoms with E-state index < -0.39 is 0 Å². The van der Waals surface area contributed by atoms with Gasteiger partial charge < -0.3 is 9.64 Å². The number of rotatable bonds is 6. The van der Waals surface area contributed by atoms with E-state index in [-0.39, 0.29) is 17.7 Å². The first-order valence-electron chi connectivity index (χ1n) is 9.48. The van der Waals surface area contributed by atoms with Gasteiger partial charge in [-0.05, 0) is 41.5 Å². The van der Waals surface area contributed by atoms with Gasteiger partial charge in [0, 0.05) is 12.2 Å². The zero-order valence-electron chi connectivity index (χ0n) is 15.9. The summed E-state index contributed by atoms with van der Waals surface area (Å²) < 4.78 is 5.31. The lowest BCUT2D eigenvalue weighted by Gasteiger charge is -2.34. The van der Waals surface area contributed by atoms with Crippen molar-refractivity contribution in [2.24, 2.45) is 0 Å². The molecule has 0 unspecified atom stereocenters. The van der Waals surface area contributed by atoms with Crippen molar-refractivity contribution in [2.45, 2.75) is 18.5 Å². The van der Waals surface area contributed by atoms with Gasteiger partial charge in [-0.25, -0.2) is 0 Å². The van der Waals surface area contributed by atoms with Crippen LogP contribution in [-0.4, -0.2) is 18.9 Å². The van der Waals surface area contributed by atoms with E-state index in [0.29, 0.717) is 0 Å². The summed E-state index contributed by atoms with van der Waals surface area (Å²) in [5.74, 6) is 0.774. The molecule has 0 radical (unpaired) electrons. The molecule has 3 heteroatoms. The van der Waals surface area contributed by atoms with Gasteiger partial charge in [-0.15, -0.1) is 0 Å². The maximum atomic E-state index is 12.7. The molecular weight excluding hydrogens is 346 g/mol. The zero-order chi connectivity index (χ0) is 19.3. The van der Waals surface area contributed by atoms with E-state index in [1.165, 1.54) is 5.56 Å². The van der Waals surface area contributed by atoms with Crippen LogP contribution in [0, 0.1) is 0 Å². The molecule has 3 aromatic rings. The molecule has 0 heterocycles. The van der Waals surface area contributed by atoms with Crippen molar-refractivity contribution in [3.8, 4) is 5.75 Å². The Kier molecular flexibility index (Phi) is 5.24. The number of allylic oxidation sites excluding steroid dienone is 1. The average Bonchev–Trinajstić information content (AvgIpc) is 3.14. The molecule has 3 aromatic carbocycles. The van der Waals surface area contributed by atoms with Gasteiger partial charge in [0.2, 0.25) is 0 Å². The molecule has 0 bridgehead atoms. The normalized spacial score (nSPS) is 18.2. The number of ketones is 1. The molecule has 2 atom stereocenters. The van der Waals surface area contributed by atoms with E-state index in [1.807, 2.05) is 66.7 Å². The fraction of sp³-hybridized carbons (Fsp3) is 0.160. The third kappa shape index (κ3) is 3.70. The molecule has 0 spiro atoms. The van der Waals surface area contributed by atoms with E-state index in [1.54, 1.807) is 13.2 Å². The van der Waals surface area contributed by atoms with Gasteiger partial charge in [0.25, 0.3) is 0 Å². The van der Waals surface area contributed by atoms with Gasteiger partial charge in [0.05, 0.1) is 19.1 Å². The predicted molar refractivity (Wildman–Crippen MR) is 113 cm³/mol. The van der Waals surface area contributed by atoms with Crippen LogP contribution in [0.15, 0.2) is 97.1 Å². The van der Waals surface area contributed by atoms with Gasteiger partial charge in [0.1, 0.15) is 5.75 Å². The van der Waals surface area contributed by atoms with E-state index in [9.17, 15) is 4.79 Å². The highest BCUT2D eigenvalue weighted by molar-refractivity contribution is 5.99. The van der Waals surface area contributed by atoms with Crippen LogP contribution in [-0.2, 0) is 11.3 Å². The van der Waals surface area contributed by atoms with Gasteiger partial charge >= 0.3 is 0 Å². The molecular formula is C25H23NO2. The number of anilines is 1. The van der Waals surface area contributed by atoms with Crippen molar-refractivity contribution in [3.05, 3.63) is 108 Å². The lowest BCUT2D eigenvalue weighted by Crippen LogP contribution is -2.38. The quantitative estimate of drug-likeness (QED) is 0.613. The molecule has 0 fully saturated rings. The minimum absolute atomic E-state index is 0.0384. The molecule has 140 valence electrons. The van der Waals surface area contributed by atoms with E-state index in [2.05, 4.69) is 29.2 Å². The SMILES string of the molecule is COc1ccc(N(Cc2ccccc2)[C@H]2C=CC(=O)[C@@H]2c2ccccc2)cc1. The number of hydrogen-bond donors (Lipinski definition) is 0. The van der Waals surface area contributed by atoms with Crippen LogP contribution in [0.5, 0.6) is 5.75 Å². The second-order valence-electron chi connectivity index (χ2n) is 6.95. The summed E-state index contributed by atoms with van der Waals surface area (Å²) in [6.07, 6.45) is 3.76. The number of benzene rings is 3. The Morgan fingerprint density at radius 1 is 0.857 bits per heavy atom. The van der Waals surface area contributed by atoms with Crippen molar-refractivity contribution >= 4 is 11.5 Å². The number of nitrogens with zero attached hydrogens (tertiary/aromatic N) is 1. The van der Waals surface area contributed by atoms with Gasteiger partial charge in [-0.1, -0.05) is 66.7 Å². The number of ether oxygens (including phenoxy) is 1. The highest BCUT2D eigenvalue weighted by atomic mass is 16.5. The number of methoxy groups -OCH3 is 1. The smallest absolute Gasteiger partial charge is 0.165 e. The van der Waals surface area contributed by atoms with Crippen LogP contribution in [0.4, 0.5) is 5.69 Å².